The molecule has 0 bridgehead atoms. The maximum Gasteiger partial charge on any atom is 0.0967 e. The van der Waals surface area contributed by atoms with E-state index in [9.17, 15) is 9.32 Å². The number of benzene rings is 2. The zero-order valence-corrected chi connectivity index (χ0v) is 15.1. The SMILES string of the molecule is C=C(Br)[C@](C)(O)Cc1ccccc1S(=O)c1ccc(C)cc1. The highest BCUT2D eigenvalue weighted by Crippen LogP contribution is 2.29. The van der Waals surface area contributed by atoms with E-state index in [-0.39, 0.29) is 0 Å². The molecule has 0 saturated carbocycles. The molecule has 116 valence electrons. The molecule has 0 heterocycles. The maximum atomic E-state index is 12.8. The molecule has 1 unspecified atom stereocenters. The third-order valence-corrected chi connectivity index (χ3v) is 5.88. The minimum Gasteiger partial charge on any atom is -0.385 e. The van der Waals surface area contributed by atoms with Gasteiger partial charge in [0.05, 0.1) is 16.4 Å². The second-order valence-corrected chi connectivity index (χ2v) is 7.95. The maximum absolute atomic E-state index is 12.8. The van der Waals surface area contributed by atoms with Crippen molar-refractivity contribution in [2.45, 2.75) is 35.7 Å². The Bertz CT molecular complexity index is 705. The van der Waals surface area contributed by atoms with Crippen molar-refractivity contribution in [2.24, 2.45) is 0 Å². The number of hydrogen-bond donors (Lipinski definition) is 1. The zero-order valence-electron chi connectivity index (χ0n) is 12.7. The molecule has 0 aliphatic carbocycles. The van der Waals surface area contributed by atoms with E-state index in [1.54, 1.807) is 6.92 Å². The molecule has 22 heavy (non-hydrogen) atoms. The van der Waals surface area contributed by atoms with Crippen molar-refractivity contribution in [3.8, 4) is 0 Å². The van der Waals surface area contributed by atoms with Crippen LogP contribution in [0.4, 0.5) is 0 Å². The van der Waals surface area contributed by atoms with Crippen LogP contribution in [0.2, 0.25) is 0 Å². The van der Waals surface area contributed by atoms with Crippen LogP contribution in [0.1, 0.15) is 18.1 Å². The van der Waals surface area contributed by atoms with Crippen molar-refractivity contribution in [3.63, 3.8) is 0 Å². The lowest BCUT2D eigenvalue weighted by atomic mass is 9.97. The third kappa shape index (κ3) is 3.94. The van der Waals surface area contributed by atoms with Gasteiger partial charge in [-0.1, -0.05) is 58.4 Å². The van der Waals surface area contributed by atoms with Gasteiger partial charge in [-0.25, -0.2) is 4.21 Å². The summed E-state index contributed by atoms with van der Waals surface area (Å²) in [6.07, 6.45) is 0.352. The Morgan fingerprint density at radius 2 is 1.82 bits per heavy atom. The summed E-state index contributed by atoms with van der Waals surface area (Å²) in [6.45, 7) is 7.45. The van der Waals surface area contributed by atoms with E-state index in [1.807, 2.05) is 55.5 Å². The lowest BCUT2D eigenvalue weighted by Crippen LogP contribution is -2.27. The molecular weight excluding hydrogens is 360 g/mol. The van der Waals surface area contributed by atoms with Gasteiger partial charge in [0.1, 0.15) is 0 Å². The molecule has 4 heteroatoms. The lowest BCUT2D eigenvalue weighted by molar-refractivity contribution is 0.109. The number of aliphatic hydroxyl groups is 1. The Kier molecular flexibility index (Phi) is 5.37. The Morgan fingerprint density at radius 1 is 1.23 bits per heavy atom. The van der Waals surface area contributed by atoms with Crippen LogP contribution in [0.5, 0.6) is 0 Å². The standard InChI is InChI=1S/C18H19BrO2S/c1-13-8-10-16(11-9-13)22(21)17-7-5-4-6-15(17)12-18(3,20)14(2)19/h4-11,20H,2,12H2,1,3H3/t18-,22?/m1/s1. The summed E-state index contributed by atoms with van der Waals surface area (Å²) in [5.41, 5.74) is 0.896. The van der Waals surface area contributed by atoms with Crippen molar-refractivity contribution in [1.82, 2.24) is 0 Å². The van der Waals surface area contributed by atoms with Gasteiger partial charge in [0.2, 0.25) is 0 Å². The fourth-order valence-corrected chi connectivity index (χ4v) is 3.44. The van der Waals surface area contributed by atoms with Gasteiger partial charge in [0, 0.05) is 20.7 Å². The highest BCUT2D eigenvalue weighted by atomic mass is 79.9. The summed E-state index contributed by atoms with van der Waals surface area (Å²) in [5.74, 6) is 0. The second kappa shape index (κ2) is 6.90. The highest BCUT2D eigenvalue weighted by molar-refractivity contribution is 9.11. The minimum atomic E-state index is -1.27. The summed E-state index contributed by atoms with van der Waals surface area (Å²) < 4.78 is 13.3. The number of halogens is 1. The number of rotatable bonds is 5. The Hall–Kier alpha value is -1.23. The summed E-state index contributed by atoms with van der Waals surface area (Å²) in [6, 6.07) is 15.2. The predicted molar refractivity (Wildman–Crippen MR) is 94.7 cm³/mol. The highest BCUT2D eigenvalue weighted by Gasteiger charge is 2.25. The van der Waals surface area contributed by atoms with E-state index < -0.39 is 16.4 Å². The first-order valence-electron chi connectivity index (χ1n) is 6.95. The number of hydrogen-bond acceptors (Lipinski definition) is 2. The Balaban J connectivity index is 2.38. The molecule has 0 fully saturated rings. The van der Waals surface area contributed by atoms with E-state index in [1.165, 1.54) is 0 Å². The molecule has 0 aliphatic heterocycles. The largest absolute Gasteiger partial charge is 0.385 e. The van der Waals surface area contributed by atoms with Crippen LogP contribution in [-0.4, -0.2) is 14.9 Å². The van der Waals surface area contributed by atoms with Gasteiger partial charge >= 0.3 is 0 Å². The van der Waals surface area contributed by atoms with Gasteiger partial charge in [0.25, 0.3) is 0 Å². The first-order chi connectivity index (χ1) is 10.3. The number of aryl methyl sites for hydroxylation is 1. The van der Waals surface area contributed by atoms with E-state index in [0.29, 0.717) is 10.9 Å². The van der Waals surface area contributed by atoms with E-state index in [4.69, 9.17) is 0 Å². The summed E-state index contributed by atoms with van der Waals surface area (Å²) in [4.78, 5) is 1.48. The molecule has 0 radical (unpaired) electrons. The quantitative estimate of drug-likeness (QED) is 0.838. The van der Waals surface area contributed by atoms with Crippen molar-refractivity contribution >= 4 is 26.7 Å². The third-order valence-electron chi connectivity index (χ3n) is 3.53. The molecule has 0 saturated heterocycles. The van der Waals surface area contributed by atoms with E-state index in [0.717, 1.165) is 20.9 Å². The summed E-state index contributed by atoms with van der Waals surface area (Å²) in [7, 11) is -1.27. The summed E-state index contributed by atoms with van der Waals surface area (Å²) >= 11 is 3.25. The predicted octanol–water partition coefficient (Wildman–Crippen LogP) is 4.36. The molecule has 2 nitrogen and oxygen atoms in total. The first kappa shape index (κ1) is 17.1. The van der Waals surface area contributed by atoms with Crippen molar-refractivity contribution in [2.75, 3.05) is 0 Å². The molecule has 2 atom stereocenters. The molecule has 2 rings (SSSR count). The van der Waals surface area contributed by atoms with Gasteiger partial charge in [-0.2, -0.15) is 0 Å². The first-order valence-corrected chi connectivity index (χ1v) is 8.89. The smallest absolute Gasteiger partial charge is 0.0967 e. The molecule has 0 spiro atoms. The molecule has 1 N–H and O–H groups in total. The van der Waals surface area contributed by atoms with Crippen LogP contribution in [0.3, 0.4) is 0 Å². The molecular formula is C18H19BrO2S. The fraction of sp³-hybridized carbons (Fsp3) is 0.222. The Morgan fingerprint density at radius 3 is 2.41 bits per heavy atom. The zero-order chi connectivity index (χ0) is 16.3. The minimum absolute atomic E-state index is 0.352. The topological polar surface area (TPSA) is 37.3 Å². The molecule has 0 amide bonds. The van der Waals surface area contributed by atoms with Crippen LogP contribution in [0.25, 0.3) is 0 Å². The summed E-state index contributed by atoms with van der Waals surface area (Å²) in [5, 5.41) is 10.4. The van der Waals surface area contributed by atoms with E-state index >= 15 is 0 Å². The van der Waals surface area contributed by atoms with Gasteiger partial charge in [0.15, 0.2) is 0 Å². The molecule has 2 aromatic rings. The molecule has 0 aliphatic rings. The van der Waals surface area contributed by atoms with Crippen LogP contribution in [0.15, 0.2) is 69.4 Å². The normalized spacial score (nSPS) is 15.1. The monoisotopic (exact) mass is 378 g/mol. The average Bonchev–Trinajstić information content (AvgIpc) is 2.47. The van der Waals surface area contributed by atoms with Crippen LogP contribution in [-0.2, 0) is 17.2 Å². The second-order valence-electron chi connectivity index (χ2n) is 5.55. The van der Waals surface area contributed by atoms with Crippen LogP contribution < -0.4 is 0 Å². The van der Waals surface area contributed by atoms with Crippen molar-refractivity contribution in [3.05, 3.63) is 70.7 Å². The molecule has 0 aromatic heterocycles. The van der Waals surface area contributed by atoms with Crippen LogP contribution in [0, 0.1) is 6.92 Å². The van der Waals surface area contributed by atoms with Gasteiger partial charge < -0.3 is 5.11 Å². The van der Waals surface area contributed by atoms with Gasteiger partial charge in [-0.3, -0.25) is 0 Å². The van der Waals surface area contributed by atoms with Crippen molar-refractivity contribution in [1.29, 1.82) is 0 Å². The van der Waals surface area contributed by atoms with Gasteiger partial charge in [-0.05, 0) is 37.6 Å². The molecule has 2 aromatic carbocycles. The van der Waals surface area contributed by atoms with Gasteiger partial charge in [-0.15, -0.1) is 0 Å². The Labute approximate surface area is 142 Å². The fourth-order valence-electron chi connectivity index (χ4n) is 2.09. The van der Waals surface area contributed by atoms with Crippen molar-refractivity contribution < 1.29 is 9.32 Å². The van der Waals surface area contributed by atoms with E-state index in [2.05, 4.69) is 22.5 Å². The van der Waals surface area contributed by atoms with Crippen LogP contribution >= 0.6 is 15.9 Å². The lowest BCUT2D eigenvalue weighted by Gasteiger charge is -2.23. The average molecular weight is 379 g/mol.